The summed E-state index contributed by atoms with van der Waals surface area (Å²) in [5, 5.41) is 4.44. The predicted octanol–water partition coefficient (Wildman–Crippen LogP) is 2.62. The predicted molar refractivity (Wildman–Crippen MR) is 79.0 cm³/mol. The van der Waals surface area contributed by atoms with E-state index in [1.165, 1.54) is 12.1 Å². The van der Waals surface area contributed by atoms with Gasteiger partial charge in [-0.3, -0.25) is 4.68 Å². The lowest BCUT2D eigenvalue weighted by molar-refractivity contribution is 0.447. The van der Waals surface area contributed by atoms with Crippen LogP contribution in [0.5, 0.6) is 0 Å². The number of rotatable bonds is 5. The van der Waals surface area contributed by atoms with Gasteiger partial charge in [0.1, 0.15) is 5.82 Å². The number of nitrogens with zero attached hydrogens (tertiary/aromatic N) is 2. The molecule has 4 heteroatoms. The number of nitrogens with two attached hydrogens (primary N) is 1. The third kappa shape index (κ3) is 3.67. The Hall–Kier alpha value is -1.68. The van der Waals surface area contributed by atoms with Crippen molar-refractivity contribution in [2.24, 2.45) is 12.8 Å². The lowest BCUT2D eigenvalue weighted by Gasteiger charge is -2.24. The van der Waals surface area contributed by atoms with Crippen LogP contribution in [0.15, 0.2) is 30.3 Å². The van der Waals surface area contributed by atoms with Crippen LogP contribution in [0, 0.1) is 5.82 Å². The number of benzene rings is 1. The van der Waals surface area contributed by atoms with E-state index in [4.69, 9.17) is 5.73 Å². The lowest BCUT2D eigenvalue weighted by Crippen LogP contribution is -2.41. The SMILES string of the molecule is CCc1cc(CC(C)(N)Cc2ccc(F)cc2)n(C)n1. The molecule has 20 heavy (non-hydrogen) atoms. The highest BCUT2D eigenvalue weighted by atomic mass is 19.1. The van der Waals surface area contributed by atoms with E-state index in [9.17, 15) is 4.39 Å². The van der Waals surface area contributed by atoms with Gasteiger partial charge in [0, 0.05) is 24.7 Å². The van der Waals surface area contributed by atoms with E-state index in [2.05, 4.69) is 18.1 Å². The van der Waals surface area contributed by atoms with E-state index < -0.39 is 0 Å². The van der Waals surface area contributed by atoms with Crippen molar-refractivity contribution in [3.05, 3.63) is 53.1 Å². The highest BCUT2D eigenvalue weighted by Gasteiger charge is 2.22. The Morgan fingerprint density at radius 3 is 2.45 bits per heavy atom. The molecule has 2 rings (SSSR count). The van der Waals surface area contributed by atoms with E-state index in [0.29, 0.717) is 6.42 Å². The van der Waals surface area contributed by atoms with E-state index in [1.807, 2.05) is 18.7 Å². The van der Waals surface area contributed by atoms with Gasteiger partial charge in [0.05, 0.1) is 5.69 Å². The van der Waals surface area contributed by atoms with Crippen LogP contribution in [0.4, 0.5) is 4.39 Å². The zero-order valence-electron chi connectivity index (χ0n) is 12.4. The van der Waals surface area contributed by atoms with Gasteiger partial charge in [-0.25, -0.2) is 4.39 Å². The van der Waals surface area contributed by atoms with E-state index in [1.54, 1.807) is 12.1 Å². The molecular formula is C16H22FN3. The molecule has 1 atom stereocenters. The van der Waals surface area contributed by atoms with Gasteiger partial charge in [-0.15, -0.1) is 0 Å². The van der Waals surface area contributed by atoms with Crippen LogP contribution in [0.3, 0.4) is 0 Å². The molecule has 0 aliphatic heterocycles. The first-order valence-corrected chi connectivity index (χ1v) is 6.95. The molecule has 1 unspecified atom stereocenters. The number of halogens is 1. The Morgan fingerprint density at radius 1 is 1.25 bits per heavy atom. The summed E-state index contributed by atoms with van der Waals surface area (Å²) in [4.78, 5) is 0. The Morgan fingerprint density at radius 2 is 1.90 bits per heavy atom. The molecule has 0 spiro atoms. The summed E-state index contributed by atoms with van der Waals surface area (Å²) in [5.74, 6) is -0.216. The number of aromatic nitrogens is 2. The zero-order valence-corrected chi connectivity index (χ0v) is 12.4. The minimum Gasteiger partial charge on any atom is -0.325 e. The van der Waals surface area contributed by atoms with Gasteiger partial charge in [-0.05, 0) is 43.5 Å². The van der Waals surface area contributed by atoms with Crippen molar-refractivity contribution in [1.82, 2.24) is 9.78 Å². The molecule has 2 N–H and O–H groups in total. The molecule has 0 saturated carbocycles. The summed E-state index contributed by atoms with van der Waals surface area (Å²) >= 11 is 0. The molecule has 0 aliphatic rings. The van der Waals surface area contributed by atoms with E-state index in [-0.39, 0.29) is 11.4 Å². The average Bonchev–Trinajstić information content (AvgIpc) is 2.72. The fourth-order valence-corrected chi connectivity index (χ4v) is 2.45. The van der Waals surface area contributed by atoms with Crippen molar-refractivity contribution >= 4 is 0 Å². The summed E-state index contributed by atoms with van der Waals surface area (Å²) in [5.41, 5.74) is 9.29. The van der Waals surface area contributed by atoms with Crippen LogP contribution in [-0.2, 0) is 26.3 Å². The quantitative estimate of drug-likeness (QED) is 0.911. The Kier molecular flexibility index (Phi) is 4.23. The second-order valence-electron chi connectivity index (χ2n) is 5.74. The Labute approximate surface area is 119 Å². The molecule has 1 aromatic heterocycles. The van der Waals surface area contributed by atoms with Crippen molar-refractivity contribution in [1.29, 1.82) is 0 Å². The van der Waals surface area contributed by atoms with Gasteiger partial charge >= 0.3 is 0 Å². The molecule has 0 fully saturated rings. The summed E-state index contributed by atoms with van der Waals surface area (Å²) in [6.45, 7) is 4.11. The minimum atomic E-state index is -0.378. The molecule has 0 saturated heterocycles. The van der Waals surface area contributed by atoms with Crippen LogP contribution in [0.25, 0.3) is 0 Å². The van der Waals surface area contributed by atoms with Gasteiger partial charge in [-0.1, -0.05) is 19.1 Å². The largest absolute Gasteiger partial charge is 0.325 e. The zero-order chi connectivity index (χ0) is 14.8. The van der Waals surface area contributed by atoms with Gasteiger partial charge in [-0.2, -0.15) is 5.10 Å². The molecule has 1 aromatic carbocycles. The first-order valence-electron chi connectivity index (χ1n) is 6.95. The molecule has 0 bridgehead atoms. The topological polar surface area (TPSA) is 43.8 Å². The van der Waals surface area contributed by atoms with Crippen molar-refractivity contribution in [2.45, 2.75) is 38.6 Å². The van der Waals surface area contributed by atoms with Crippen LogP contribution < -0.4 is 5.73 Å². The number of hydrogen-bond acceptors (Lipinski definition) is 2. The molecule has 0 aliphatic carbocycles. The van der Waals surface area contributed by atoms with Crippen molar-refractivity contribution in [2.75, 3.05) is 0 Å². The second kappa shape index (κ2) is 5.75. The normalized spacial score (nSPS) is 14.2. The first-order chi connectivity index (χ1) is 9.39. The summed E-state index contributed by atoms with van der Waals surface area (Å²) in [6, 6.07) is 8.65. The van der Waals surface area contributed by atoms with Gasteiger partial charge in [0.2, 0.25) is 0 Å². The highest BCUT2D eigenvalue weighted by Crippen LogP contribution is 2.17. The molecular weight excluding hydrogens is 253 g/mol. The first kappa shape index (κ1) is 14.7. The van der Waals surface area contributed by atoms with Crippen molar-refractivity contribution < 1.29 is 4.39 Å². The van der Waals surface area contributed by atoms with E-state index >= 15 is 0 Å². The smallest absolute Gasteiger partial charge is 0.123 e. The fraction of sp³-hybridized carbons (Fsp3) is 0.438. The summed E-state index contributed by atoms with van der Waals surface area (Å²) in [7, 11) is 1.95. The molecule has 2 aromatic rings. The average molecular weight is 275 g/mol. The molecule has 1 heterocycles. The van der Waals surface area contributed by atoms with Crippen LogP contribution in [0.1, 0.15) is 30.8 Å². The molecule has 0 amide bonds. The molecule has 108 valence electrons. The van der Waals surface area contributed by atoms with Crippen LogP contribution in [-0.4, -0.2) is 15.3 Å². The monoisotopic (exact) mass is 275 g/mol. The second-order valence-corrected chi connectivity index (χ2v) is 5.74. The maximum Gasteiger partial charge on any atom is 0.123 e. The van der Waals surface area contributed by atoms with Crippen LogP contribution in [0.2, 0.25) is 0 Å². The minimum absolute atomic E-state index is 0.216. The Bertz CT molecular complexity index is 570. The van der Waals surface area contributed by atoms with E-state index in [0.717, 1.165) is 29.8 Å². The maximum absolute atomic E-state index is 12.9. The summed E-state index contributed by atoms with van der Waals surface area (Å²) < 4.78 is 14.8. The molecule has 3 nitrogen and oxygen atoms in total. The fourth-order valence-electron chi connectivity index (χ4n) is 2.45. The number of hydrogen-bond donors (Lipinski definition) is 1. The van der Waals surface area contributed by atoms with Gasteiger partial charge < -0.3 is 5.73 Å². The van der Waals surface area contributed by atoms with Gasteiger partial charge in [0.15, 0.2) is 0 Å². The number of aryl methyl sites for hydroxylation is 2. The molecule has 0 radical (unpaired) electrons. The van der Waals surface area contributed by atoms with Crippen molar-refractivity contribution in [3.63, 3.8) is 0 Å². The lowest BCUT2D eigenvalue weighted by atomic mass is 9.89. The third-order valence-corrected chi connectivity index (χ3v) is 3.50. The summed E-state index contributed by atoms with van der Waals surface area (Å²) in [6.07, 6.45) is 2.38. The maximum atomic E-state index is 12.9. The van der Waals surface area contributed by atoms with Crippen LogP contribution >= 0.6 is 0 Å². The Balaban J connectivity index is 2.09. The standard InChI is InChI=1S/C16H22FN3/c1-4-14-9-15(20(3)19-14)11-16(2,18)10-12-5-7-13(17)8-6-12/h5-9H,4,10-11,18H2,1-3H3. The highest BCUT2D eigenvalue weighted by molar-refractivity contribution is 5.20. The van der Waals surface area contributed by atoms with Crippen molar-refractivity contribution in [3.8, 4) is 0 Å². The van der Waals surface area contributed by atoms with Gasteiger partial charge in [0.25, 0.3) is 0 Å². The third-order valence-electron chi connectivity index (χ3n) is 3.50.